The number of amides is 1. The molecule has 0 saturated carbocycles. The fourth-order valence-corrected chi connectivity index (χ4v) is 6.16. The maximum absolute atomic E-state index is 13.8. The number of sulfonamides is 1. The lowest BCUT2D eigenvalue weighted by atomic mass is 10.0. The molecule has 11 heteroatoms. The van der Waals surface area contributed by atoms with Gasteiger partial charge in [-0.2, -0.15) is 0 Å². The molecule has 0 radical (unpaired) electrons. The van der Waals surface area contributed by atoms with Gasteiger partial charge in [0.05, 0.1) is 33.1 Å². The van der Waals surface area contributed by atoms with Crippen LogP contribution in [0.1, 0.15) is 28.4 Å². The number of aromatic nitrogens is 1. The predicted octanol–water partition coefficient (Wildman–Crippen LogP) is 4.21. The Morgan fingerprint density at radius 1 is 1.14 bits per heavy atom. The van der Waals surface area contributed by atoms with E-state index in [4.69, 9.17) is 27.9 Å². The molecule has 0 fully saturated rings. The third-order valence-electron chi connectivity index (χ3n) is 5.56. The second kappa shape index (κ2) is 10.5. The van der Waals surface area contributed by atoms with Crippen molar-refractivity contribution in [2.45, 2.75) is 31.2 Å². The maximum Gasteiger partial charge on any atom is 0.264 e. The molecular formula is C25H23Cl2N3O5S. The van der Waals surface area contributed by atoms with E-state index in [0.717, 1.165) is 9.87 Å². The van der Waals surface area contributed by atoms with Gasteiger partial charge >= 0.3 is 0 Å². The first-order valence-electron chi connectivity index (χ1n) is 11.0. The van der Waals surface area contributed by atoms with Crippen LogP contribution < -0.4 is 14.4 Å². The molecule has 1 aliphatic heterocycles. The summed E-state index contributed by atoms with van der Waals surface area (Å²) in [5.74, 6) is -0.588. The number of hydrogen-bond donors (Lipinski definition) is 1. The highest BCUT2D eigenvalue weighted by molar-refractivity contribution is 7.92. The molecular weight excluding hydrogens is 525 g/mol. The number of anilines is 1. The van der Waals surface area contributed by atoms with Crippen molar-refractivity contribution in [3.63, 3.8) is 0 Å². The first kappa shape index (κ1) is 25.9. The third-order valence-corrected chi connectivity index (χ3v) is 7.96. The van der Waals surface area contributed by atoms with E-state index >= 15 is 0 Å². The van der Waals surface area contributed by atoms with Crippen LogP contribution in [0.3, 0.4) is 0 Å². The Kier molecular flexibility index (Phi) is 7.54. The summed E-state index contributed by atoms with van der Waals surface area (Å²) >= 11 is 12.4. The molecule has 0 spiro atoms. The highest BCUT2D eigenvalue weighted by Gasteiger charge is 2.34. The zero-order chi connectivity index (χ0) is 26.0. The lowest BCUT2D eigenvalue weighted by molar-refractivity contribution is -0.119. The average molecular weight is 548 g/mol. The fourth-order valence-electron chi connectivity index (χ4n) is 3.94. The van der Waals surface area contributed by atoms with Crippen LogP contribution in [0.2, 0.25) is 10.0 Å². The molecule has 4 rings (SSSR count). The number of aryl methyl sites for hydroxylation is 1. The van der Waals surface area contributed by atoms with Gasteiger partial charge in [0.25, 0.3) is 10.0 Å². The first-order chi connectivity index (χ1) is 17.1. The Bertz CT molecular complexity index is 1430. The monoisotopic (exact) mass is 547 g/mol. The van der Waals surface area contributed by atoms with Crippen LogP contribution >= 0.6 is 23.2 Å². The van der Waals surface area contributed by atoms with E-state index < -0.39 is 16.1 Å². The smallest absolute Gasteiger partial charge is 0.264 e. The molecule has 1 aromatic heterocycles. The van der Waals surface area contributed by atoms with E-state index in [2.05, 4.69) is 10.3 Å². The van der Waals surface area contributed by atoms with Crippen molar-refractivity contribution >= 4 is 50.6 Å². The minimum absolute atomic E-state index is 0.0208. The van der Waals surface area contributed by atoms with E-state index in [1.165, 1.54) is 19.2 Å². The summed E-state index contributed by atoms with van der Waals surface area (Å²) in [5, 5.41) is 3.17. The van der Waals surface area contributed by atoms with Crippen LogP contribution in [0.25, 0.3) is 0 Å². The topological polar surface area (TPSA) is 106 Å². The van der Waals surface area contributed by atoms with Gasteiger partial charge in [0.2, 0.25) is 11.8 Å². The number of pyridine rings is 1. The molecule has 1 aliphatic rings. The van der Waals surface area contributed by atoms with Gasteiger partial charge in [-0.05, 0) is 48.4 Å². The van der Waals surface area contributed by atoms with Crippen LogP contribution in [0.4, 0.5) is 5.69 Å². The molecule has 0 saturated heterocycles. The molecule has 1 amide bonds. The summed E-state index contributed by atoms with van der Waals surface area (Å²) in [4.78, 5) is 29.1. The number of carbonyl (C=O) groups is 2. The van der Waals surface area contributed by atoms with Crippen molar-refractivity contribution in [2.24, 2.45) is 0 Å². The normalized spacial score (nSPS) is 15.4. The van der Waals surface area contributed by atoms with Gasteiger partial charge < -0.3 is 10.1 Å². The molecule has 1 N–H and O–H groups in total. The summed E-state index contributed by atoms with van der Waals surface area (Å²) in [6.45, 7) is 3.08. The Hall–Kier alpha value is -3.14. The van der Waals surface area contributed by atoms with Crippen molar-refractivity contribution < 1.29 is 22.7 Å². The van der Waals surface area contributed by atoms with Gasteiger partial charge in [-0.25, -0.2) is 13.4 Å². The van der Waals surface area contributed by atoms with Crippen molar-refractivity contribution in [1.82, 2.24) is 10.3 Å². The molecule has 3 aromatic rings. The maximum atomic E-state index is 13.8. The van der Waals surface area contributed by atoms with Crippen LogP contribution in [-0.4, -0.2) is 44.3 Å². The summed E-state index contributed by atoms with van der Waals surface area (Å²) in [7, 11) is -4.07. The minimum Gasteiger partial charge on any atom is -0.474 e. The number of hydrogen-bond acceptors (Lipinski definition) is 6. The Morgan fingerprint density at radius 2 is 1.83 bits per heavy atom. The molecule has 1 unspecified atom stereocenters. The van der Waals surface area contributed by atoms with Crippen molar-refractivity contribution in [1.29, 1.82) is 0 Å². The van der Waals surface area contributed by atoms with E-state index in [1.807, 2.05) is 0 Å². The Labute approximate surface area is 219 Å². The Morgan fingerprint density at radius 3 is 2.50 bits per heavy atom. The molecule has 2 heterocycles. The van der Waals surface area contributed by atoms with Crippen molar-refractivity contribution in [3.05, 3.63) is 81.5 Å². The standard InChI is InChI=1S/C25H23Cl2N3O5S/c1-15-5-3-6-19(9-15)36(33,34)30-13-18(29-16(2)31)14-35-25-22(30)10-17(12-28-25)11-23(32)24-20(26)7-4-8-21(24)27/h3-10,12,18H,11,13-14H2,1-2H3,(H,29,31). The van der Waals surface area contributed by atoms with Gasteiger partial charge in [0.15, 0.2) is 5.78 Å². The quantitative estimate of drug-likeness (QED) is 0.463. The molecule has 36 heavy (non-hydrogen) atoms. The van der Waals surface area contributed by atoms with Crippen LogP contribution in [0.5, 0.6) is 5.88 Å². The largest absolute Gasteiger partial charge is 0.474 e. The van der Waals surface area contributed by atoms with E-state index in [9.17, 15) is 18.0 Å². The van der Waals surface area contributed by atoms with E-state index in [-0.39, 0.29) is 63.3 Å². The first-order valence-corrected chi connectivity index (χ1v) is 13.2. The fraction of sp³-hybridized carbons (Fsp3) is 0.240. The lowest BCUT2D eigenvalue weighted by Gasteiger charge is -2.26. The molecule has 188 valence electrons. The highest BCUT2D eigenvalue weighted by atomic mass is 35.5. The van der Waals surface area contributed by atoms with Crippen LogP contribution in [-0.2, 0) is 21.2 Å². The number of carbonyl (C=O) groups excluding carboxylic acids is 2. The minimum atomic E-state index is -4.07. The van der Waals surface area contributed by atoms with Crippen LogP contribution in [0.15, 0.2) is 59.6 Å². The third kappa shape index (κ3) is 5.48. The number of ketones is 1. The van der Waals surface area contributed by atoms with Gasteiger partial charge in [-0.1, -0.05) is 41.4 Å². The number of nitrogens with one attached hydrogen (secondary N) is 1. The van der Waals surface area contributed by atoms with Crippen molar-refractivity contribution in [3.8, 4) is 5.88 Å². The summed E-state index contributed by atoms with van der Waals surface area (Å²) in [6.07, 6.45) is 1.33. The van der Waals surface area contributed by atoms with E-state index in [1.54, 1.807) is 49.4 Å². The molecule has 1 atom stereocenters. The summed E-state index contributed by atoms with van der Waals surface area (Å²) in [6, 6.07) is 12.2. The zero-order valence-corrected chi connectivity index (χ0v) is 21.8. The average Bonchev–Trinajstić information content (AvgIpc) is 2.98. The number of fused-ring (bicyclic) bond motifs is 1. The number of ether oxygens (including phenoxy) is 1. The molecule has 0 bridgehead atoms. The second-order valence-electron chi connectivity index (χ2n) is 8.43. The van der Waals surface area contributed by atoms with E-state index in [0.29, 0.717) is 5.56 Å². The second-order valence-corrected chi connectivity index (χ2v) is 11.1. The predicted molar refractivity (Wildman–Crippen MR) is 138 cm³/mol. The number of Topliss-reactive ketones (excluding diaryl/α,β-unsaturated/α-hetero) is 1. The number of benzene rings is 2. The van der Waals surface area contributed by atoms with Crippen LogP contribution in [0, 0.1) is 6.92 Å². The molecule has 0 aliphatic carbocycles. The molecule has 8 nitrogen and oxygen atoms in total. The SMILES string of the molecule is CC(=O)NC1COc2ncc(CC(=O)c3c(Cl)cccc3Cl)cc2N(S(=O)(=O)c2cccc(C)c2)C1. The Balaban J connectivity index is 1.76. The number of rotatable bonds is 6. The van der Waals surface area contributed by atoms with Gasteiger partial charge in [-0.15, -0.1) is 0 Å². The summed E-state index contributed by atoms with van der Waals surface area (Å²) in [5.41, 5.74) is 1.57. The van der Waals surface area contributed by atoms with Gasteiger partial charge in [0, 0.05) is 19.5 Å². The number of nitrogens with zero attached hydrogens (tertiary/aromatic N) is 2. The van der Waals surface area contributed by atoms with Gasteiger partial charge in [-0.3, -0.25) is 13.9 Å². The van der Waals surface area contributed by atoms with Crippen molar-refractivity contribution in [2.75, 3.05) is 17.5 Å². The number of halogens is 2. The lowest BCUT2D eigenvalue weighted by Crippen LogP contribution is -2.46. The summed E-state index contributed by atoms with van der Waals surface area (Å²) < 4.78 is 34.4. The molecule has 2 aromatic carbocycles. The van der Waals surface area contributed by atoms with Gasteiger partial charge in [0.1, 0.15) is 12.3 Å². The zero-order valence-electron chi connectivity index (χ0n) is 19.5. The highest BCUT2D eigenvalue weighted by Crippen LogP contribution is 2.35.